The number of hydrogen-bond donors (Lipinski definition) is 1. The molecule has 0 radical (unpaired) electrons. The highest BCUT2D eigenvalue weighted by atomic mass is 16.5. The Bertz CT molecular complexity index is 316. The molecular weight excluding hydrogens is 206 g/mol. The van der Waals surface area contributed by atoms with Gasteiger partial charge < -0.3 is 14.3 Å². The molecule has 2 heterocycles. The highest BCUT2D eigenvalue weighted by molar-refractivity contribution is 4.99. The summed E-state index contributed by atoms with van der Waals surface area (Å²) in [5.74, 6) is 0.725. The highest BCUT2D eigenvalue weighted by Gasteiger charge is 2.17. The average molecular weight is 225 g/mol. The summed E-state index contributed by atoms with van der Waals surface area (Å²) in [6.07, 6.45) is 6.30. The summed E-state index contributed by atoms with van der Waals surface area (Å²) < 4.78 is 11.0. The van der Waals surface area contributed by atoms with Crippen LogP contribution in [-0.4, -0.2) is 28.9 Å². The van der Waals surface area contributed by atoms with Crippen LogP contribution in [0.2, 0.25) is 0 Å². The Hall–Kier alpha value is -0.870. The Balaban J connectivity index is 1.86. The Morgan fingerprint density at radius 2 is 2.44 bits per heavy atom. The number of oxazole rings is 1. The van der Waals surface area contributed by atoms with Crippen molar-refractivity contribution < 1.29 is 14.3 Å². The van der Waals surface area contributed by atoms with E-state index in [1.807, 2.05) is 0 Å². The largest absolute Gasteiger partial charge is 0.449 e. The average Bonchev–Trinajstić information content (AvgIpc) is 2.66. The third kappa shape index (κ3) is 3.32. The minimum absolute atomic E-state index is 0.256. The lowest BCUT2D eigenvalue weighted by molar-refractivity contribution is 0.0132. The van der Waals surface area contributed by atoms with Crippen LogP contribution < -0.4 is 0 Å². The van der Waals surface area contributed by atoms with Gasteiger partial charge in [-0.2, -0.15) is 0 Å². The lowest BCUT2D eigenvalue weighted by Crippen LogP contribution is -2.21. The standard InChI is InChI=1S/C12H19NO3/c1-9(14)6-10-8-16-12(13-10)7-11-4-2-3-5-15-11/h8-9,11,14H,2-7H2,1H3. The second-order valence-corrected chi connectivity index (χ2v) is 4.48. The highest BCUT2D eigenvalue weighted by Crippen LogP contribution is 2.17. The van der Waals surface area contributed by atoms with Crippen LogP contribution in [0.3, 0.4) is 0 Å². The van der Waals surface area contributed by atoms with E-state index in [9.17, 15) is 5.11 Å². The molecule has 1 saturated heterocycles. The fourth-order valence-corrected chi connectivity index (χ4v) is 2.00. The van der Waals surface area contributed by atoms with Crippen LogP contribution >= 0.6 is 0 Å². The summed E-state index contributed by atoms with van der Waals surface area (Å²) in [4.78, 5) is 4.34. The van der Waals surface area contributed by atoms with Gasteiger partial charge in [0, 0.05) is 13.0 Å². The molecule has 0 aromatic carbocycles. The number of aromatic nitrogens is 1. The molecule has 0 amide bonds. The van der Waals surface area contributed by atoms with Crippen molar-refractivity contribution >= 4 is 0 Å². The molecule has 1 aromatic heterocycles. The van der Waals surface area contributed by atoms with Crippen molar-refractivity contribution in [3.8, 4) is 0 Å². The van der Waals surface area contributed by atoms with Crippen molar-refractivity contribution in [3.63, 3.8) is 0 Å². The van der Waals surface area contributed by atoms with Crippen LogP contribution in [0.5, 0.6) is 0 Å². The lowest BCUT2D eigenvalue weighted by Gasteiger charge is -2.20. The van der Waals surface area contributed by atoms with E-state index in [-0.39, 0.29) is 12.2 Å². The Labute approximate surface area is 95.6 Å². The third-order valence-electron chi connectivity index (χ3n) is 2.78. The molecule has 1 aliphatic heterocycles. The minimum Gasteiger partial charge on any atom is -0.449 e. The second-order valence-electron chi connectivity index (χ2n) is 4.48. The molecule has 0 bridgehead atoms. The van der Waals surface area contributed by atoms with E-state index >= 15 is 0 Å². The van der Waals surface area contributed by atoms with Crippen LogP contribution in [0.25, 0.3) is 0 Å². The van der Waals surface area contributed by atoms with Crippen molar-refractivity contribution in [2.24, 2.45) is 0 Å². The zero-order valence-corrected chi connectivity index (χ0v) is 9.69. The number of hydrogen-bond acceptors (Lipinski definition) is 4. The van der Waals surface area contributed by atoms with Gasteiger partial charge in [-0.15, -0.1) is 0 Å². The number of rotatable bonds is 4. The molecule has 1 aliphatic rings. The van der Waals surface area contributed by atoms with Gasteiger partial charge in [-0.25, -0.2) is 4.98 Å². The molecule has 0 saturated carbocycles. The van der Waals surface area contributed by atoms with Crippen molar-refractivity contribution in [1.82, 2.24) is 4.98 Å². The van der Waals surface area contributed by atoms with Crippen molar-refractivity contribution in [2.45, 2.75) is 51.2 Å². The molecule has 1 aromatic rings. The topological polar surface area (TPSA) is 55.5 Å². The van der Waals surface area contributed by atoms with Gasteiger partial charge in [-0.05, 0) is 26.2 Å². The smallest absolute Gasteiger partial charge is 0.196 e. The quantitative estimate of drug-likeness (QED) is 0.847. The zero-order valence-electron chi connectivity index (χ0n) is 9.69. The first kappa shape index (κ1) is 11.6. The van der Waals surface area contributed by atoms with Crippen molar-refractivity contribution in [2.75, 3.05) is 6.61 Å². The maximum atomic E-state index is 9.23. The van der Waals surface area contributed by atoms with E-state index in [2.05, 4.69) is 4.98 Å². The minimum atomic E-state index is -0.371. The van der Waals surface area contributed by atoms with Crippen LogP contribution in [0.15, 0.2) is 10.7 Å². The molecule has 1 fully saturated rings. The van der Waals surface area contributed by atoms with E-state index < -0.39 is 0 Å². The molecule has 4 heteroatoms. The van der Waals surface area contributed by atoms with E-state index in [0.29, 0.717) is 6.42 Å². The number of aliphatic hydroxyl groups excluding tert-OH is 1. The summed E-state index contributed by atoms with van der Waals surface area (Å²) in [7, 11) is 0. The molecular formula is C12H19NO3. The first-order valence-corrected chi connectivity index (χ1v) is 5.97. The Morgan fingerprint density at radius 3 is 3.12 bits per heavy atom. The van der Waals surface area contributed by atoms with Gasteiger partial charge in [0.1, 0.15) is 6.26 Å². The molecule has 1 N–H and O–H groups in total. The second kappa shape index (κ2) is 5.46. The van der Waals surface area contributed by atoms with Gasteiger partial charge >= 0.3 is 0 Å². The van der Waals surface area contributed by atoms with Gasteiger partial charge in [-0.1, -0.05) is 0 Å². The molecule has 0 aliphatic carbocycles. The summed E-state index contributed by atoms with van der Waals surface area (Å²) >= 11 is 0. The molecule has 0 spiro atoms. The van der Waals surface area contributed by atoms with E-state index in [4.69, 9.17) is 9.15 Å². The van der Waals surface area contributed by atoms with E-state index in [1.165, 1.54) is 6.42 Å². The van der Waals surface area contributed by atoms with Crippen LogP contribution in [0.4, 0.5) is 0 Å². The molecule has 90 valence electrons. The van der Waals surface area contributed by atoms with Crippen molar-refractivity contribution in [1.29, 1.82) is 0 Å². The predicted octanol–water partition coefficient (Wildman–Crippen LogP) is 1.71. The number of aliphatic hydroxyl groups is 1. The summed E-state index contributed by atoms with van der Waals surface area (Å²) in [6, 6.07) is 0. The van der Waals surface area contributed by atoms with Crippen LogP contribution in [0, 0.1) is 0 Å². The maximum absolute atomic E-state index is 9.23. The molecule has 4 nitrogen and oxygen atoms in total. The molecule has 2 atom stereocenters. The van der Waals surface area contributed by atoms with E-state index in [0.717, 1.165) is 37.5 Å². The predicted molar refractivity (Wildman–Crippen MR) is 59.2 cm³/mol. The molecule has 16 heavy (non-hydrogen) atoms. The van der Waals surface area contributed by atoms with Gasteiger partial charge in [0.2, 0.25) is 0 Å². The van der Waals surface area contributed by atoms with Crippen molar-refractivity contribution in [3.05, 3.63) is 17.8 Å². The summed E-state index contributed by atoms with van der Waals surface area (Å²) in [5.41, 5.74) is 0.820. The Kier molecular flexibility index (Phi) is 3.96. The van der Waals surface area contributed by atoms with Gasteiger partial charge in [0.05, 0.1) is 24.3 Å². The van der Waals surface area contributed by atoms with Crippen LogP contribution in [-0.2, 0) is 17.6 Å². The number of nitrogens with zero attached hydrogens (tertiary/aromatic N) is 1. The van der Waals surface area contributed by atoms with Gasteiger partial charge in [0.25, 0.3) is 0 Å². The Morgan fingerprint density at radius 1 is 1.56 bits per heavy atom. The monoisotopic (exact) mass is 225 g/mol. The summed E-state index contributed by atoms with van der Waals surface area (Å²) in [6.45, 7) is 2.60. The number of ether oxygens (including phenoxy) is 1. The first-order valence-electron chi connectivity index (χ1n) is 5.97. The maximum Gasteiger partial charge on any atom is 0.196 e. The zero-order chi connectivity index (χ0) is 11.4. The van der Waals surface area contributed by atoms with Gasteiger partial charge in [-0.3, -0.25) is 0 Å². The van der Waals surface area contributed by atoms with Crippen LogP contribution in [0.1, 0.15) is 37.8 Å². The third-order valence-corrected chi connectivity index (χ3v) is 2.78. The SMILES string of the molecule is CC(O)Cc1coc(CC2CCCCO2)n1. The van der Waals surface area contributed by atoms with Gasteiger partial charge in [0.15, 0.2) is 5.89 Å². The lowest BCUT2D eigenvalue weighted by atomic mass is 10.1. The fraction of sp³-hybridized carbons (Fsp3) is 0.750. The molecule has 2 unspecified atom stereocenters. The van der Waals surface area contributed by atoms with E-state index in [1.54, 1.807) is 13.2 Å². The first-order chi connectivity index (χ1) is 7.74. The fourth-order valence-electron chi connectivity index (χ4n) is 2.00. The normalized spacial score (nSPS) is 23.2. The molecule has 2 rings (SSSR count). The summed E-state index contributed by atoms with van der Waals surface area (Å²) in [5, 5.41) is 9.23.